The molecule has 1 aromatic carbocycles. The molecule has 0 N–H and O–H groups in total. The minimum absolute atomic E-state index is 0.121. The Morgan fingerprint density at radius 2 is 2.00 bits per heavy atom. The summed E-state index contributed by atoms with van der Waals surface area (Å²) in [6, 6.07) is 11.0. The van der Waals surface area contributed by atoms with E-state index in [9.17, 15) is 14.4 Å². The molecule has 31 heavy (non-hydrogen) atoms. The fourth-order valence-corrected chi connectivity index (χ4v) is 4.02. The van der Waals surface area contributed by atoms with E-state index in [0.29, 0.717) is 26.0 Å². The van der Waals surface area contributed by atoms with Gasteiger partial charge in [0.05, 0.1) is 19.8 Å². The standard InChI is InChI=1S/C22H24N2O7/c1-14(31-22(27)28-2)30-19-17(25)9-11-23-16(13-15-7-4-3-5-8-15)21-24(10-6-12-29-21)20(26)18(19)23/h3-5,7-9,11,14,16,21H,6,10,12-13H2,1-2H3/t14?,16-,21+/m0/s1. The minimum atomic E-state index is -1.12. The summed E-state index contributed by atoms with van der Waals surface area (Å²) in [5.74, 6) is -0.516. The maximum Gasteiger partial charge on any atom is 0.511 e. The van der Waals surface area contributed by atoms with Crippen molar-refractivity contribution in [3.63, 3.8) is 0 Å². The molecule has 164 valence electrons. The van der Waals surface area contributed by atoms with Crippen LogP contribution in [0, 0.1) is 0 Å². The maximum atomic E-state index is 13.4. The van der Waals surface area contributed by atoms with Crippen molar-refractivity contribution in [1.82, 2.24) is 9.47 Å². The van der Waals surface area contributed by atoms with Gasteiger partial charge in [-0.2, -0.15) is 0 Å². The zero-order chi connectivity index (χ0) is 22.0. The number of hydrogen-bond donors (Lipinski definition) is 0. The highest BCUT2D eigenvalue weighted by Crippen LogP contribution is 2.35. The second-order valence-corrected chi connectivity index (χ2v) is 7.39. The zero-order valence-electron chi connectivity index (χ0n) is 17.4. The van der Waals surface area contributed by atoms with E-state index in [1.807, 2.05) is 30.3 Å². The van der Waals surface area contributed by atoms with Gasteiger partial charge in [0.2, 0.25) is 17.5 Å². The molecule has 3 heterocycles. The summed E-state index contributed by atoms with van der Waals surface area (Å²) in [5, 5.41) is 0. The molecule has 0 radical (unpaired) electrons. The Morgan fingerprint density at radius 3 is 2.74 bits per heavy atom. The van der Waals surface area contributed by atoms with E-state index < -0.39 is 24.1 Å². The lowest BCUT2D eigenvalue weighted by molar-refractivity contribution is -0.112. The van der Waals surface area contributed by atoms with Gasteiger partial charge in [-0.25, -0.2) is 4.79 Å². The average molecular weight is 428 g/mol. The second kappa shape index (κ2) is 8.81. The molecule has 9 heteroatoms. The number of methoxy groups -OCH3 is 1. The van der Waals surface area contributed by atoms with E-state index in [0.717, 1.165) is 5.56 Å². The van der Waals surface area contributed by atoms with Crippen molar-refractivity contribution in [2.24, 2.45) is 0 Å². The molecule has 4 rings (SSSR count). The largest absolute Gasteiger partial charge is 0.511 e. The normalized spacial score (nSPS) is 21.0. The smallest absolute Gasteiger partial charge is 0.448 e. The number of hydrogen-bond acceptors (Lipinski definition) is 7. The SMILES string of the molecule is COC(=O)OC(C)Oc1c2n(ccc1=O)[C@@H](Cc1ccccc1)[C@H]1OCCCN1C2=O. The minimum Gasteiger partial charge on any atom is -0.448 e. The summed E-state index contributed by atoms with van der Waals surface area (Å²) in [4.78, 5) is 39.0. The van der Waals surface area contributed by atoms with Gasteiger partial charge in [0, 0.05) is 25.7 Å². The molecule has 0 spiro atoms. The van der Waals surface area contributed by atoms with Crippen LogP contribution in [0.1, 0.15) is 35.4 Å². The molecule has 1 unspecified atom stereocenters. The van der Waals surface area contributed by atoms with Gasteiger partial charge in [0.15, 0.2) is 11.9 Å². The van der Waals surface area contributed by atoms with Crippen molar-refractivity contribution < 1.29 is 28.5 Å². The van der Waals surface area contributed by atoms with Crippen LogP contribution >= 0.6 is 0 Å². The summed E-state index contributed by atoms with van der Waals surface area (Å²) in [7, 11) is 1.17. The Kier molecular flexibility index (Phi) is 5.94. The number of ether oxygens (including phenoxy) is 4. The lowest BCUT2D eigenvalue weighted by Crippen LogP contribution is -2.56. The van der Waals surface area contributed by atoms with Crippen LogP contribution in [-0.4, -0.2) is 54.3 Å². The van der Waals surface area contributed by atoms with Gasteiger partial charge >= 0.3 is 6.16 Å². The highest BCUT2D eigenvalue weighted by Gasteiger charge is 2.43. The first kappa shape index (κ1) is 20.9. The van der Waals surface area contributed by atoms with E-state index in [-0.39, 0.29) is 23.4 Å². The third-order valence-corrected chi connectivity index (χ3v) is 5.37. The lowest BCUT2D eigenvalue weighted by Gasteiger charge is -2.45. The van der Waals surface area contributed by atoms with Crippen molar-refractivity contribution in [2.45, 2.75) is 38.3 Å². The Hall–Kier alpha value is -3.33. The quantitative estimate of drug-likeness (QED) is 0.533. The Balaban J connectivity index is 1.76. The monoisotopic (exact) mass is 428 g/mol. The molecule has 0 saturated carbocycles. The summed E-state index contributed by atoms with van der Waals surface area (Å²) in [6.45, 7) is 2.52. The summed E-state index contributed by atoms with van der Waals surface area (Å²) in [6.07, 6.45) is 0.372. The third kappa shape index (κ3) is 4.13. The molecular weight excluding hydrogens is 404 g/mol. The first-order valence-electron chi connectivity index (χ1n) is 10.1. The highest BCUT2D eigenvalue weighted by molar-refractivity contribution is 5.96. The Morgan fingerprint density at radius 1 is 1.23 bits per heavy atom. The summed E-state index contributed by atoms with van der Waals surface area (Å²) in [5.41, 5.74) is 0.718. The van der Waals surface area contributed by atoms with Gasteiger partial charge in [-0.1, -0.05) is 30.3 Å². The number of benzene rings is 1. The van der Waals surface area contributed by atoms with Gasteiger partial charge in [-0.05, 0) is 18.4 Å². The van der Waals surface area contributed by atoms with Crippen LogP contribution < -0.4 is 10.2 Å². The number of rotatable bonds is 5. The predicted octanol–water partition coefficient (Wildman–Crippen LogP) is 2.34. The third-order valence-electron chi connectivity index (χ3n) is 5.37. The zero-order valence-corrected chi connectivity index (χ0v) is 17.4. The number of pyridine rings is 1. The van der Waals surface area contributed by atoms with Gasteiger partial charge < -0.3 is 28.4 Å². The maximum absolute atomic E-state index is 13.4. The Labute approximate surface area is 179 Å². The number of carbonyl (C=O) groups excluding carboxylic acids is 2. The van der Waals surface area contributed by atoms with E-state index in [1.54, 1.807) is 15.7 Å². The van der Waals surface area contributed by atoms with Gasteiger partial charge in [0.1, 0.15) is 0 Å². The molecule has 1 amide bonds. The first-order chi connectivity index (χ1) is 15.0. The van der Waals surface area contributed by atoms with Crippen LogP contribution in [0.25, 0.3) is 0 Å². The predicted molar refractivity (Wildman–Crippen MR) is 109 cm³/mol. The lowest BCUT2D eigenvalue weighted by atomic mass is 9.99. The van der Waals surface area contributed by atoms with Gasteiger partial charge in [-0.15, -0.1) is 0 Å². The number of fused-ring (bicyclic) bond motifs is 2. The average Bonchev–Trinajstić information content (AvgIpc) is 2.78. The molecule has 2 aromatic rings. The van der Waals surface area contributed by atoms with Crippen LogP contribution in [0.4, 0.5) is 4.79 Å². The fraction of sp³-hybridized carbons (Fsp3) is 0.409. The molecule has 1 aromatic heterocycles. The van der Waals surface area contributed by atoms with Crippen molar-refractivity contribution in [3.05, 3.63) is 64.1 Å². The van der Waals surface area contributed by atoms with Crippen molar-refractivity contribution in [3.8, 4) is 5.75 Å². The van der Waals surface area contributed by atoms with Crippen molar-refractivity contribution >= 4 is 12.1 Å². The number of nitrogens with zero attached hydrogens (tertiary/aromatic N) is 2. The number of aromatic nitrogens is 1. The van der Waals surface area contributed by atoms with Gasteiger partial charge in [-0.3, -0.25) is 9.59 Å². The van der Waals surface area contributed by atoms with Crippen LogP contribution in [-0.2, 0) is 20.6 Å². The van der Waals surface area contributed by atoms with Crippen LogP contribution in [0.15, 0.2) is 47.4 Å². The molecular formula is C22H24N2O7. The molecule has 0 bridgehead atoms. The first-order valence-corrected chi connectivity index (χ1v) is 10.1. The van der Waals surface area contributed by atoms with E-state index in [4.69, 9.17) is 14.2 Å². The molecule has 9 nitrogen and oxygen atoms in total. The molecule has 1 saturated heterocycles. The van der Waals surface area contributed by atoms with Crippen LogP contribution in [0.5, 0.6) is 5.75 Å². The molecule has 1 fully saturated rings. The fourth-order valence-electron chi connectivity index (χ4n) is 4.02. The van der Waals surface area contributed by atoms with E-state index in [1.165, 1.54) is 20.1 Å². The van der Waals surface area contributed by atoms with E-state index in [2.05, 4.69) is 4.74 Å². The molecule has 3 atom stereocenters. The van der Waals surface area contributed by atoms with Crippen molar-refractivity contribution in [1.29, 1.82) is 0 Å². The van der Waals surface area contributed by atoms with Crippen LogP contribution in [0.3, 0.4) is 0 Å². The summed E-state index contributed by atoms with van der Waals surface area (Å²) >= 11 is 0. The Bertz CT molecular complexity index is 1020. The topological polar surface area (TPSA) is 96.3 Å². The second-order valence-electron chi connectivity index (χ2n) is 7.39. The van der Waals surface area contributed by atoms with E-state index >= 15 is 0 Å². The molecule has 2 aliphatic rings. The van der Waals surface area contributed by atoms with Gasteiger partial charge in [0.25, 0.3) is 5.91 Å². The number of amides is 1. The van der Waals surface area contributed by atoms with Crippen molar-refractivity contribution in [2.75, 3.05) is 20.3 Å². The molecule has 0 aliphatic carbocycles. The molecule has 2 aliphatic heterocycles. The summed E-state index contributed by atoms with van der Waals surface area (Å²) < 4.78 is 22.7. The number of carbonyl (C=O) groups is 2. The van der Waals surface area contributed by atoms with Crippen LogP contribution in [0.2, 0.25) is 0 Å². The highest BCUT2D eigenvalue weighted by atomic mass is 16.8.